The van der Waals surface area contributed by atoms with Crippen LogP contribution in [0.25, 0.3) is 0 Å². The fourth-order valence-corrected chi connectivity index (χ4v) is 2.02. The van der Waals surface area contributed by atoms with Crippen LogP contribution in [-0.2, 0) is 0 Å². The van der Waals surface area contributed by atoms with Crippen molar-refractivity contribution in [1.29, 1.82) is 0 Å². The molecule has 0 saturated heterocycles. The topological polar surface area (TPSA) is 53.7 Å². The zero-order chi connectivity index (χ0) is 13.7. The number of hydrogen-bond acceptors (Lipinski definition) is 4. The highest BCUT2D eigenvalue weighted by Gasteiger charge is 2.24. The van der Waals surface area contributed by atoms with Gasteiger partial charge < -0.3 is 19.9 Å². The molecule has 0 radical (unpaired) electrons. The van der Waals surface area contributed by atoms with Crippen molar-refractivity contribution >= 4 is 0 Å². The molecule has 0 spiro atoms. The van der Waals surface area contributed by atoms with Gasteiger partial charge in [-0.25, -0.2) is 4.39 Å². The van der Waals surface area contributed by atoms with Gasteiger partial charge >= 0.3 is 0 Å². The maximum atomic E-state index is 13.9. The number of methoxy groups -OCH3 is 3. The largest absolute Gasteiger partial charge is 0.493 e. The van der Waals surface area contributed by atoms with Gasteiger partial charge in [-0.1, -0.05) is 6.92 Å². The Kier molecular flexibility index (Phi) is 5.22. The predicted molar refractivity (Wildman–Crippen MR) is 68.1 cm³/mol. The van der Waals surface area contributed by atoms with Crippen LogP contribution < -0.4 is 19.9 Å². The Morgan fingerprint density at radius 2 is 1.78 bits per heavy atom. The molecule has 0 aromatic heterocycles. The van der Waals surface area contributed by atoms with Crippen LogP contribution in [0.2, 0.25) is 0 Å². The molecule has 2 N–H and O–H groups in total. The van der Waals surface area contributed by atoms with Crippen molar-refractivity contribution in [2.24, 2.45) is 5.73 Å². The highest BCUT2D eigenvalue weighted by molar-refractivity contribution is 5.56. The van der Waals surface area contributed by atoms with E-state index < -0.39 is 5.82 Å². The number of rotatable bonds is 6. The molecule has 0 aliphatic carbocycles. The van der Waals surface area contributed by atoms with E-state index in [1.807, 2.05) is 6.92 Å². The molecule has 18 heavy (non-hydrogen) atoms. The first-order valence-corrected chi connectivity index (χ1v) is 5.79. The van der Waals surface area contributed by atoms with Crippen molar-refractivity contribution in [3.63, 3.8) is 0 Å². The second-order valence-electron chi connectivity index (χ2n) is 4.02. The van der Waals surface area contributed by atoms with Gasteiger partial charge in [0.05, 0.1) is 21.3 Å². The van der Waals surface area contributed by atoms with Crippen molar-refractivity contribution in [2.75, 3.05) is 27.9 Å². The van der Waals surface area contributed by atoms with Crippen molar-refractivity contribution in [3.05, 3.63) is 17.4 Å². The number of halogens is 1. The van der Waals surface area contributed by atoms with E-state index in [-0.39, 0.29) is 11.7 Å². The normalized spacial score (nSPS) is 12.1. The average molecular weight is 257 g/mol. The Morgan fingerprint density at radius 1 is 1.17 bits per heavy atom. The van der Waals surface area contributed by atoms with Gasteiger partial charge in [-0.15, -0.1) is 0 Å². The van der Waals surface area contributed by atoms with E-state index in [2.05, 4.69) is 0 Å². The summed E-state index contributed by atoms with van der Waals surface area (Å²) in [7, 11) is 4.43. The molecule has 5 heteroatoms. The molecule has 4 nitrogen and oxygen atoms in total. The van der Waals surface area contributed by atoms with Crippen LogP contribution >= 0.6 is 0 Å². The second-order valence-corrected chi connectivity index (χ2v) is 4.02. The molecular formula is C13H20FNO3. The fourth-order valence-electron chi connectivity index (χ4n) is 2.02. The van der Waals surface area contributed by atoms with E-state index >= 15 is 0 Å². The minimum Gasteiger partial charge on any atom is -0.493 e. The van der Waals surface area contributed by atoms with Crippen molar-refractivity contribution < 1.29 is 18.6 Å². The SMILES string of the molecule is COc1cc(F)c(OC)c(C(C)CCN)c1OC. The minimum absolute atomic E-state index is 0.0181. The lowest BCUT2D eigenvalue weighted by Gasteiger charge is -2.21. The lowest BCUT2D eigenvalue weighted by atomic mass is 9.95. The maximum Gasteiger partial charge on any atom is 0.169 e. The molecule has 0 amide bonds. The molecule has 1 aromatic rings. The number of benzene rings is 1. The third kappa shape index (κ3) is 2.67. The monoisotopic (exact) mass is 257 g/mol. The Morgan fingerprint density at radius 3 is 2.22 bits per heavy atom. The molecular weight excluding hydrogens is 237 g/mol. The van der Waals surface area contributed by atoms with Crippen molar-refractivity contribution in [1.82, 2.24) is 0 Å². The lowest BCUT2D eigenvalue weighted by molar-refractivity contribution is 0.329. The van der Waals surface area contributed by atoms with E-state index in [4.69, 9.17) is 19.9 Å². The van der Waals surface area contributed by atoms with Crippen LogP contribution in [0.4, 0.5) is 4.39 Å². The van der Waals surface area contributed by atoms with E-state index in [1.54, 1.807) is 0 Å². The molecule has 0 aliphatic heterocycles. The molecule has 0 heterocycles. The standard InChI is InChI=1S/C13H20FNO3/c1-8(5-6-15)11-12(17-3)9(14)7-10(16-2)13(11)18-4/h7-8H,5-6,15H2,1-4H3. The van der Waals surface area contributed by atoms with Gasteiger partial charge in [0.25, 0.3) is 0 Å². The lowest BCUT2D eigenvalue weighted by Crippen LogP contribution is -2.09. The Hall–Kier alpha value is -1.49. The first kappa shape index (κ1) is 14.6. The van der Waals surface area contributed by atoms with Crippen LogP contribution in [0.1, 0.15) is 24.8 Å². The Labute approximate surface area is 107 Å². The molecule has 0 aliphatic rings. The van der Waals surface area contributed by atoms with Crippen LogP contribution in [0.5, 0.6) is 17.2 Å². The van der Waals surface area contributed by atoms with Crippen LogP contribution in [0, 0.1) is 5.82 Å². The summed E-state index contributed by atoms with van der Waals surface area (Å²) in [4.78, 5) is 0. The number of hydrogen-bond donors (Lipinski definition) is 1. The Bertz CT molecular complexity index is 410. The summed E-state index contributed by atoms with van der Waals surface area (Å²) in [6.45, 7) is 2.46. The van der Waals surface area contributed by atoms with E-state index in [1.165, 1.54) is 27.4 Å². The van der Waals surface area contributed by atoms with Gasteiger partial charge in [0, 0.05) is 11.6 Å². The van der Waals surface area contributed by atoms with Gasteiger partial charge in [-0.05, 0) is 18.9 Å². The summed E-state index contributed by atoms with van der Waals surface area (Å²) < 4.78 is 29.5. The van der Waals surface area contributed by atoms with Gasteiger partial charge in [-0.2, -0.15) is 0 Å². The Balaban J connectivity index is 3.44. The quantitative estimate of drug-likeness (QED) is 0.849. The molecule has 0 saturated carbocycles. The maximum absolute atomic E-state index is 13.9. The summed E-state index contributed by atoms with van der Waals surface area (Å²) in [6.07, 6.45) is 0.708. The third-order valence-electron chi connectivity index (χ3n) is 2.91. The van der Waals surface area contributed by atoms with E-state index in [0.717, 1.165) is 0 Å². The summed E-state index contributed by atoms with van der Waals surface area (Å²) in [6, 6.07) is 1.26. The van der Waals surface area contributed by atoms with E-state index in [0.29, 0.717) is 30.0 Å². The van der Waals surface area contributed by atoms with Crippen molar-refractivity contribution in [2.45, 2.75) is 19.3 Å². The zero-order valence-electron chi connectivity index (χ0n) is 11.2. The van der Waals surface area contributed by atoms with Gasteiger partial charge in [0.15, 0.2) is 23.1 Å². The molecule has 0 fully saturated rings. The van der Waals surface area contributed by atoms with Gasteiger partial charge in [0.2, 0.25) is 0 Å². The molecule has 1 unspecified atom stereocenters. The highest BCUT2D eigenvalue weighted by atomic mass is 19.1. The fraction of sp³-hybridized carbons (Fsp3) is 0.538. The summed E-state index contributed by atoms with van der Waals surface area (Å²) >= 11 is 0. The van der Waals surface area contributed by atoms with Crippen molar-refractivity contribution in [3.8, 4) is 17.2 Å². The van der Waals surface area contributed by atoms with Crippen LogP contribution in [-0.4, -0.2) is 27.9 Å². The number of ether oxygens (including phenoxy) is 3. The third-order valence-corrected chi connectivity index (χ3v) is 2.91. The molecule has 1 atom stereocenters. The van der Waals surface area contributed by atoms with Crippen LogP contribution in [0.15, 0.2) is 6.07 Å². The number of nitrogens with two attached hydrogens (primary N) is 1. The minimum atomic E-state index is -0.464. The highest BCUT2D eigenvalue weighted by Crippen LogP contribution is 2.44. The summed E-state index contributed by atoms with van der Waals surface area (Å²) in [5, 5.41) is 0. The molecule has 1 rings (SSSR count). The first-order chi connectivity index (χ1) is 8.60. The summed E-state index contributed by atoms with van der Waals surface area (Å²) in [5.41, 5.74) is 6.21. The molecule has 102 valence electrons. The second kappa shape index (κ2) is 6.44. The predicted octanol–water partition coefficient (Wildman–Crippen LogP) is 2.30. The van der Waals surface area contributed by atoms with E-state index in [9.17, 15) is 4.39 Å². The van der Waals surface area contributed by atoms with Gasteiger partial charge in [-0.3, -0.25) is 0 Å². The molecule has 0 bridgehead atoms. The van der Waals surface area contributed by atoms with Crippen LogP contribution in [0.3, 0.4) is 0 Å². The summed E-state index contributed by atoms with van der Waals surface area (Å²) in [5.74, 6) is 0.596. The first-order valence-electron chi connectivity index (χ1n) is 5.79. The zero-order valence-corrected chi connectivity index (χ0v) is 11.2. The average Bonchev–Trinajstić information content (AvgIpc) is 2.37. The molecule has 1 aromatic carbocycles. The smallest absolute Gasteiger partial charge is 0.169 e. The van der Waals surface area contributed by atoms with Gasteiger partial charge in [0.1, 0.15) is 0 Å².